The molecule has 3 nitrogen and oxygen atoms in total. The highest BCUT2D eigenvalue weighted by Gasteiger charge is 2.16. The zero-order valence-electron chi connectivity index (χ0n) is 9.93. The Bertz CT molecular complexity index is 251. The molecular formula is C12H21NO2. The fraction of sp³-hybridized carbons (Fsp3) is 0.750. The number of carbonyl (C=O) groups is 1. The average molecular weight is 211 g/mol. The third kappa shape index (κ3) is 5.45. The summed E-state index contributed by atoms with van der Waals surface area (Å²) in [5, 5.41) is 2.82. The first kappa shape index (κ1) is 12.1. The topological polar surface area (TPSA) is 38.3 Å². The van der Waals surface area contributed by atoms with Crippen LogP contribution in [0.15, 0.2) is 11.8 Å². The summed E-state index contributed by atoms with van der Waals surface area (Å²) in [7, 11) is 0. The Morgan fingerprint density at radius 3 is 2.73 bits per heavy atom. The third-order valence-electron chi connectivity index (χ3n) is 2.20. The number of carbonyl (C=O) groups excluding carboxylic acids is 1. The van der Waals surface area contributed by atoms with Crippen molar-refractivity contribution in [3.8, 4) is 0 Å². The smallest absolute Gasteiger partial charge is 0.411 e. The number of hydrogen-bond donors (Lipinski definition) is 1. The highest BCUT2D eigenvalue weighted by atomic mass is 16.6. The van der Waals surface area contributed by atoms with E-state index >= 15 is 0 Å². The summed E-state index contributed by atoms with van der Waals surface area (Å²) in [5.74, 6) is 0. The molecule has 1 amide bonds. The maximum atomic E-state index is 11.5. The summed E-state index contributed by atoms with van der Waals surface area (Å²) in [5.41, 5.74) is 0.594. The van der Waals surface area contributed by atoms with Crippen LogP contribution in [0.5, 0.6) is 0 Å². The van der Waals surface area contributed by atoms with Gasteiger partial charge < -0.3 is 4.74 Å². The van der Waals surface area contributed by atoms with Crippen LogP contribution in [0, 0.1) is 0 Å². The highest BCUT2D eigenvalue weighted by Crippen LogP contribution is 2.15. The molecule has 0 saturated carbocycles. The van der Waals surface area contributed by atoms with Crippen LogP contribution >= 0.6 is 0 Å². The van der Waals surface area contributed by atoms with E-state index in [0.717, 1.165) is 25.0 Å². The van der Waals surface area contributed by atoms with E-state index in [1.54, 1.807) is 0 Å². The number of amides is 1. The Morgan fingerprint density at radius 1 is 1.33 bits per heavy atom. The van der Waals surface area contributed by atoms with Crippen molar-refractivity contribution < 1.29 is 9.53 Å². The second-order valence-corrected chi connectivity index (χ2v) is 4.96. The molecule has 1 rings (SSSR count). The lowest BCUT2D eigenvalue weighted by atomic mass is 10.2. The zero-order chi connectivity index (χ0) is 11.3. The van der Waals surface area contributed by atoms with Gasteiger partial charge in [-0.15, -0.1) is 0 Å². The van der Waals surface area contributed by atoms with E-state index < -0.39 is 5.60 Å². The van der Waals surface area contributed by atoms with Crippen molar-refractivity contribution in [3.63, 3.8) is 0 Å². The molecule has 1 aliphatic rings. The van der Waals surface area contributed by atoms with Crippen molar-refractivity contribution in [1.29, 1.82) is 0 Å². The molecule has 1 aliphatic carbocycles. The molecular weight excluding hydrogens is 190 g/mol. The molecule has 3 heteroatoms. The summed E-state index contributed by atoms with van der Waals surface area (Å²) in [4.78, 5) is 11.5. The molecule has 0 atom stereocenters. The first-order valence-corrected chi connectivity index (χ1v) is 5.66. The maximum Gasteiger partial charge on any atom is 0.411 e. The van der Waals surface area contributed by atoms with Crippen LogP contribution in [-0.4, -0.2) is 11.7 Å². The molecule has 0 fully saturated rings. The van der Waals surface area contributed by atoms with Gasteiger partial charge in [-0.25, -0.2) is 4.79 Å². The highest BCUT2D eigenvalue weighted by molar-refractivity contribution is 5.69. The number of allylic oxidation sites excluding steroid dienone is 2. The van der Waals surface area contributed by atoms with Crippen LogP contribution < -0.4 is 5.32 Å². The van der Waals surface area contributed by atoms with Gasteiger partial charge in [-0.05, 0) is 46.5 Å². The van der Waals surface area contributed by atoms with Crippen molar-refractivity contribution in [3.05, 3.63) is 11.8 Å². The molecule has 86 valence electrons. The van der Waals surface area contributed by atoms with Crippen LogP contribution in [0.3, 0.4) is 0 Å². The molecule has 15 heavy (non-hydrogen) atoms. The first-order valence-electron chi connectivity index (χ1n) is 5.66. The minimum absolute atomic E-state index is 0.337. The van der Waals surface area contributed by atoms with Gasteiger partial charge in [0.1, 0.15) is 5.60 Å². The Balaban J connectivity index is 2.39. The predicted molar refractivity (Wildman–Crippen MR) is 60.5 cm³/mol. The Hall–Kier alpha value is -0.990. The average Bonchev–Trinajstić information content (AvgIpc) is 2.28. The summed E-state index contributed by atoms with van der Waals surface area (Å²) in [6, 6.07) is 0. The normalized spacial score (nSPS) is 17.7. The molecule has 0 bridgehead atoms. The molecule has 0 aromatic rings. The van der Waals surface area contributed by atoms with E-state index in [-0.39, 0.29) is 6.09 Å². The van der Waals surface area contributed by atoms with Gasteiger partial charge in [0.05, 0.1) is 0 Å². The van der Waals surface area contributed by atoms with Gasteiger partial charge in [0.25, 0.3) is 0 Å². The van der Waals surface area contributed by atoms with Gasteiger partial charge >= 0.3 is 6.09 Å². The Labute approximate surface area is 91.9 Å². The second-order valence-electron chi connectivity index (χ2n) is 4.96. The van der Waals surface area contributed by atoms with Crippen molar-refractivity contribution in [1.82, 2.24) is 5.32 Å². The summed E-state index contributed by atoms with van der Waals surface area (Å²) in [6.07, 6.45) is 7.41. The lowest BCUT2D eigenvalue weighted by Gasteiger charge is -2.20. The van der Waals surface area contributed by atoms with Gasteiger partial charge in [-0.2, -0.15) is 0 Å². The quantitative estimate of drug-likeness (QED) is 0.722. The minimum Gasteiger partial charge on any atom is -0.444 e. The SMILES string of the molecule is CC(C)(C)OC(=O)NC1=CCCCCC1. The van der Waals surface area contributed by atoms with Gasteiger partial charge in [0.15, 0.2) is 0 Å². The van der Waals surface area contributed by atoms with E-state index in [0.29, 0.717) is 0 Å². The molecule has 1 N–H and O–H groups in total. The third-order valence-corrected chi connectivity index (χ3v) is 2.20. The largest absolute Gasteiger partial charge is 0.444 e. The molecule has 0 heterocycles. The van der Waals surface area contributed by atoms with E-state index in [2.05, 4.69) is 11.4 Å². The van der Waals surface area contributed by atoms with Crippen molar-refractivity contribution in [2.75, 3.05) is 0 Å². The molecule has 0 saturated heterocycles. The number of hydrogen-bond acceptors (Lipinski definition) is 2. The molecule has 0 unspecified atom stereocenters. The molecule has 0 aliphatic heterocycles. The fourth-order valence-corrected chi connectivity index (χ4v) is 1.56. The van der Waals surface area contributed by atoms with Crippen LogP contribution in [-0.2, 0) is 4.74 Å². The Kier molecular flexibility index (Phi) is 4.18. The predicted octanol–water partition coefficient (Wildman–Crippen LogP) is 3.36. The maximum absolute atomic E-state index is 11.5. The number of ether oxygens (including phenoxy) is 1. The Morgan fingerprint density at radius 2 is 2.07 bits per heavy atom. The van der Waals surface area contributed by atoms with Crippen LogP contribution in [0.25, 0.3) is 0 Å². The fourth-order valence-electron chi connectivity index (χ4n) is 1.56. The van der Waals surface area contributed by atoms with Crippen LogP contribution in [0.1, 0.15) is 52.9 Å². The number of rotatable bonds is 1. The standard InChI is InChI=1S/C12H21NO2/c1-12(2,3)15-11(14)13-10-8-6-4-5-7-9-10/h8H,4-7,9H2,1-3H3,(H,13,14). The van der Waals surface area contributed by atoms with Gasteiger partial charge in [0, 0.05) is 5.70 Å². The lowest BCUT2D eigenvalue weighted by Crippen LogP contribution is -2.32. The lowest BCUT2D eigenvalue weighted by molar-refractivity contribution is 0.0544. The first-order chi connectivity index (χ1) is 6.97. The molecule has 0 aromatic carbocycles. The van der Waals surface area contributed by atoms with Gasteiger partial charge in [-0.1, -0.05) is 12.5 Å². The van der Waals surface area contributed by atoms with Gasteiger partial charge in [0.2, 0.25) is 0 Å². The molecule has 0 radical (unpaired) electrons. The summed E-state index contributed by atoms with van der Waals surface area (Å²) in [6.45, 7) is 5.61. The van der Waals surface area contributed by atoms with Crippen LogP contribution in [0.2, 0.25) is 0 Å². The summed E-state index contributed by atoms with van der Waals surface area (Å²) < 4.78 is 5.19. The monoisotopic (exact) mass is 211 g/mol. The zero-order valence-corrected chi connectivity index (χ0v) is 9.93. The number of alkyl carbamates (subject to hydrolysis) is 1. The van der Waals surface area contributed by atoms with Crippen LogP contribution in [0.4, 0.5) is 4.79 Å². The van der Waals surface area contributed by atoms with Crippen molar-refractivity contribution in [2.45, 2.75) is 58.5 Å². The molecule has 0 spiro atoms. The van der Waals surface area contributed by atoms with Gasteiger partial charge in [-0.3, -0.25) is 5.32 Å². The van der Waals surface area contributed by atoms with E-state index in [1.165, 1.54) is 12.8 Å². The van der Waals surface area contributed by atoms with Crippen molar-refractivity contribution >= 4 is 6.09 Å². The van der Waals surface area contributed by atoms with E-state index in [4.69, 9.17) is 4.74 Å². The second kappa shape index (κ2) is 5.19. The molecule has 0 aromatic heterocycles. The van der Waals surface area contributed by atoms with E-state index in [9.17, 15) is 4.79 Å². The van der Waals surface area contributed by atoms with Crippen molar-refractivity contribution in [2.24, 2.45) is 0 Å². The number of nitrogens with one attached hydrogen (secondary N) is 1. The summed E-state index contributed by atoms with van der Waals surface area (Å²) >= 11 is 0. The minimum atomic E-state index is -0.421. The van der Waals surface area contributed by atoms with E-state index in [1.807, 2.05) is 20.8 Å².